The maximum absolute atomic E-state index is 12.1. The monoisotopic (exact) mass is 324 g/mol. The fourth-order valence-corrected chi connectivity index (χ4v) is 2.46. The predicted molar refractivity (Wildman–Crippen MR) is 91.8 cm³/mol. The van der Waals surface area contributed by atoms with Crippen molar-refractivity contribution < 1.29 is 9.53 Å². The first kappa shape index (κ1) is 16.3. The lowest BCUT2D eigenvalue weighted by Gasteiger charge is -2.26. The van der Waals surface area contributed by atoms with Crippen molar-refractivity contribution in [2.75, 3.05) is 26.3 Å². The van der Waals surface area contributed by atoms with E-state index in [0.717, 1.165) is 38.4 Å². The van der Waals surface area contributed by atoms with Crippen LogP contribution in [0.3, 0.4) is 0 Å². The first-order valence-corrected chi connectivity index (χ1v) is 7.94. The topological polar surface area (TPSA) is 66.8 Å². The van der Waals surface area contributed by atoms with Gasteiger partial charge in [-0.3, -0.25) is 14.7 Å². The standard InChI is InChI=1S/C18H20N4O2/c23-18(21-20-13-15-5-7-19-8-6-15)17-3-1-16(2-4-17)14-22-9-11-24-12-10-22/h1-8,13H,9-12,14H2,(H,21,23)/b20-13-. The number of carbonyl (C=O) groups excluding carboxylic acids is 1. The molecule has 2 aromatic rings. The molecular weight excluding hydrogens is 304 g/mol. The summed E-state index contributed by atoms with van der Waals surface area (Å²) in [4.78, 5) is 18.3. The van der Waals surface area contributed by atoms with E-state index in [9.17, 15) is 4.79 Å². The first-order chi connectivity index (χ1) is 11.8. The van der Waals surface area contributed by atoms with Gasteiger partial charge in [0.05, 0.1) is 19.4 Å². The molecule has 0 atom stereocenters. The minimum absolute atomic E-state index is 0.224. The zero-order valence-corrected chi connectivity index (χ0v) is 13.4. The number of ether oxygens (including phenoxy) is 1. The maximum Gasteiger partial charge on any atom is 0.271 e. The van der Waals surface area contributed by atoms with Gasteiger partial charge >= 0.3 is 0 Å². The van der Waals surface area contributed by atoms with Crippen molar-refractivity contribution in [2.45, 2.75) is 6.54 Å². The van der Waals surface area contributed by atoms with Gasteiger partial charge in [0, 0.05) is 37.6 Å². The van der Waals surface area contributed by atoms with Crippen LogP contribution < -0.4 is 5.43 Å². The van der Waals surface area contributed by atoms with Crippen molar-refractivity contribution in [1.29, 1.82) is 0 Å². The van der Waals surface area contributed by atoms with E-state index in [0.29, 0.717) is 5.56 Å². The van der Waals surface area contributed by atoms with Crippen LogP contribution in [-0.4, -0.2) is 48.3 Å². The minimum atomic E-state index is -0.224. The molecular formula is C18H20N4O2. The van der Waals surface area contributed by atoms with Crippen molar-refractivity contribution >= 4 is 12.1 Å². The number of benzene rings is 1. The number of aromatic nitrogens is 1. The van der Waals surface area contributed by atoms with Gasteiger partial charge in [-0.2, -0.15) is 5.10 Å². The van der Waals surface area contributed by atoms with Gasteiger partial charge in [-0.25, -0.2) is 5.43 Å². The van der Waals surface area contributed by atoms with Crippen molar-refractivity contribution in [3.05, 3.63) is 65.5 Å². The Bertz CT molecular complexity index is 680. The number of hydrogen-bond donors (Lipinski definition) is 1. The second-order valence-corrected chi connectivity index (χ2v) is 5.57. The Morgan fingerprint density at radius 3 is 2.58 bits per heavy atom. The molecule has 0 bridgehead atoms. The number of rotatable bonds is 5. The molecule has 1 aliphatic rings. The summed E-state index contributed by atoms with van der Waals surface area (Å²) in [5.74, 6) is -0.224. The zero-order valence-electron chi connectivity index (χ0n) is 13.4. The van der Waals surface area contributed by atoms with Gasteiger partial charge < -0.3 is 4.74 Å². The van der Waals surface area contributed by atoms with Crippen molar-refractivity contribution in [3.63, 3.8) is 0 Å². The highest BCUT2D eigenvalue weighted by Crippen LogP contribution is 2.09. The predicted octanol–water partition coefficient (Wildman–Crippen LogP) is 1.68. The molecule has 0 spiro atoms. The number of hydrazone groups is 1. The molecule has 0 saturated carbocycles. The molecule has 1 aromatic heterocycles. The quantitative estimate of drug-likeness (QED) is 0.671. The summed E-state index contributed by atoms with van der Waals surface area (Å²) in [6.45, 7) is 4.36. The van der Waals surface area contributed by atoms with E-state index in [2.05, 4.69) is 20.4 Å². The second-order valence-electron chi connectivity index (χ2n) is 5.57. The SMILES string of the molecule is O=C(N/N=C\c1ccncc1)c1ccc(CN2CCOCC2)cc1. The Kier molecular flexibility index (Phi) is 5.65. The lowest BCUT2D eigenvalue weighted by Crippen LogP contribution is -2.35. The van der Waals surface area contributed by atoms with Gasteiger partial charge in [0.2, 0.25) is 0 Å². The molecule has 0 radical (unpaired) electrons. The molecule has 0 unspecified atom stereocenters. The Hall–Kier alpha value is -2.57. The van der Waals surface area contributed by atoms with Crippen LogP contribution in [0.5, 0.6) is 0 Å². The van der Waals surface area contributed by atoms with Crippen LogP contribution in [0, 0.1) is 0 Å². The average molecular weight is 324 g/mol. The molecule has 1 aliphatic heterocycles. The van der Waals surface area contributed by atoms with Gasteiger partial charge in [-0.1, -0.05) is 12.1 Å². The smallest absolute Gasteiger partial charge is 0.271 e. The third-order valence-corrected chi connectivity index (χ3v) is 3.81. The molecule has 1 amide bonds. The molecule has 24 heavy (non-hydrogen) atoms. The molecule has 2 heterocycles. The van der Waals surface area contributed by atoms with E-state index >= 15 is 0 Å². The Labute approximate surface area is 141 Å². The van der Waals surface area contributed by atoms with Gasteiger partial charge in [0.15, 0.2) is 0 Å². The van der Waals surface area contributed by atoms with Crippen LogP contribution in [0.15, 0.2) is 53.9 Å². The van der Waals surface area contributed by atoms with Crippen molar-refractivity contribution in [3.8, 4) is 0 Å². The van der Waals surface area contributed by atoms with Crippen molar-refractivity contribution in [2.24, 2.45) is 5.10 Å². The molecule has 1 saturated heterocycles. The summed E-state index contributed by atoms with van der Waals surface area (Å²) in [6.07, 6.45) is 4.94. The molecule has 124 valence electrons. The highest BCUT2D eigenvalue weighted by molar-refractivity contribution is 5.94. The number of carbonyl (C=O) groups is 1. The Morgan fingerprint density at radius 2 is 1.88 bits per heavy atom. The van der Waals surface area contributed by atoms with E-state index in [1.807, 2.05) is 36.4 Å². The fraction of sp³-hybridized carbons (Fsp3) is 0.278. The molecule has 3 rings (SSSR count). The zero-order chi connectivity index (χ0) is 16.6. The third-order valence-electron chi connectivity index (χ3n) is 3.81. The Balaban J connectivity index is 1.52. The third kappa shape index (κ3) is 4.71. The van der Waals surface area contributed by atoms with Crippen LogP contribution in [0.1, 0.15) is 21.5 Å². The maximum atomic E-state index is 12.1. The summed E-state index contributed by atoms with van der Waals surface area (Å²) >= 11 is 0. The van der Waals surface area contributed by atoms with Crippen LogP contribution in [0.4, 0.5) is 0 Å². The Morgan fingerprint density at radius 1 is 1.17 bits per heavy atom. The summed E-state index contributed by atoms with van der Waals surface area (Å²) in [5.41, 5.74) is 5.19. The summed E-state index contributed by atoms with van der Waals surface area (Å²) in [5, 5.41) is 3.96. The van der Waals surface area contributed by atoms with Crippen LogP contribution in [-0.2, 0) is 11.3 Å². The summed E-state index contributed by atoms with van der Waals surface area (Å²) in [7, 11) is 0. The van der Waals surface area contributed by atoms with E-state index < -0.39 is 0 Å². The number of hydrogen-bond acceptors (Lipinski definition) is 5. The number of nitrogens with one attached hydrogen (secondary N) is 1. The van der Waals surface area contributed by atoms with E-state index in [4.69, 9.17) is 4.74 Å². The van der Waals surface area contributed by atoms with Crippen LogP contribution >= 0.6 is 0 Å². The second kappa shape index (κ2) is 8.33. The molecule has 0 aliphatic carbocycles. The van der Waals surface area contributed by atoms with E-state index in [1.165, 1.54) is 5.56 Å². The van der Waals surface area contributed by atoms with Gasteiger partial charge in [0.25, 0.3) is 5.91 Å². The first-order valence-electron chi connectivity index (χ1n) is 7.94. The van der Waals surface area contributed by atoms with Gasteiger partial charge in [0.1, 0.15) is 0 Å². The average Bonchev–Trinajstić information content (AvgIpc) is 2.64. The van der Waals surface area contributed by atoms with E-state index in [1.54, 1.807) is 18.6 Å². The minimum Gasteiger partial charge on any atom is -0.379 e. The van der Waals surface area contributed by atoms with Gasteiger partial charge in [-0.05, 0) is 35.4 Å². The molecule has 1 fully saturated rings. The number of nitrogens with zero attached hydrogens (tertiary/aromatic N) is 3. The van der Waals surface area contributed by atoms with Crippen LogP contribution in [0.2, 0.25) is 0 Å². The van der Waals surface area contributed by atoms with E-state index in [-0.39, 0.29) is 5.91 Å². The summed E-state index contributed by atoms with van der Waals surface area (Å²) < 4.78 is 5.35. The molecule has 1 aromatic carbocycles. The van der Waals surface area contributed by atoms with Gasteiger partial charge in [-0.15, -0.1) is 0 Å². The lowest BCUT2D eigenvalue weighted by molar-refractivity contribution is 0.0342. The number of pyridine rings is 1. The highest BCUT2D eigenvalue weighted by atomic mass is 16.5. The number of amides is 1. The normalized spacial score (nSPS) is 15.5. The largest absolute Gasteiger partial charge is 0.379 e. The summed E-state index contributed by atoms with van der Waals surface area (Å²) in [6, 6.07) is 11.3. The molecule has 6 nitrogen and oxygen atoms in total. The van der Waals surface area contributed by atoms with Crippen molar-refractivity contribution in [1.82, 2.24) is 15.3 Å². The fourth-order valence-electron chi connectivity index (χ4n) is 2.46. The lowest BCUT2D eigenvalue weighted by atomic mass is 10.1. The molecule has 6 heteroatoms. The molecule has 1 N–H and O–H groups in total. The van der Waals surface area contributed by atoms with Crippen LogP contribution in [0.25, 0.3) is 0 Å². The highest BCUT2D eigenvalue weighted by Gasteiger charge is 2.11. The number of morpholine rings is 1.